The zero-order valence-corrected chi connectivity index (χ0v) is 36.0. The molecule has 2 aliphatic rings. The molecule has 0 atom stereocenters. The van der Waals surface area contributed by atoms with E-state index in [0.717, 1.165) is 49.3 Å². The van der Waals surface area contributed by atoms with Gasteiger partial charge in [0.1, 0.15) is 34.3 Å². The number of furan rings is 2. The van der Waals surface area contributed by atoms with Gasteiger partial charge in [0.15, 0.2) is 0 Å². The van der Waals surface area contributed by atoms with Crippen molar-refractivity contribution < 1.29 is 54.3 Å². The first-order valence-electron chi connectivity index (χ1n) is 19.8. The Morgan fingerprint density at radius 3 is 1.24 bits per heavy atom. The number of anilines is 2. The van der Waals surface area contributed by atoms with Crippen LogP contribution in [0.2, 0.25) is 0 Å². The summed E-state index contributed by atoms with van der Waals surface area (Å²) in [6.07, 6.45) is 5.82. The Balaban J connectivity index is 0.000000186. The molecule has 0 saturated heterocycles. The second kappa shape index (κ2) is 17.5. The molecule has 0 unspecified atom stereocenters. The van der Waals surface area contributed by atoms with Gasteiger partial charge in [0.05, 0.1) is 61.3 Å². The van der Waals surface area contributed by atoms with Crippen molar-refractivity contribution in [3.63, 3.8) is 0 Å². The van der Waals surface area contributed by atoms with E-state index in [9.17, 15) is 45.4 Å². The molecule has 4 N–H and O–H groups in total. The smallest absolute Gasteiger partial charge is 0.255 e. The summed E-state index contributed by atoms with van der Waals surface area (Å²) in [5.41, 5.74) is 4.82. The van der Waals surface area contributed by atoms with Gasteiger partial charge in [-0.3, -0.25) is 18.2 Å². The highest BCUT2D eigenvalue weighted by atomic mass is 32.2. The Labute approximate surface area is 357 Å². The van der Waals surface area contributed by atoms with Crippen LogP contribution in [-0.2, 0) is 20.0 Å². The van der Waals surface area contributed by atoms with Gasteiger partial charge in [-0.1, -0.05) is 0 Å². The molecule has 18 heteroatoms. The Morgan fingerprint density at radius 2 is 0.968 bits per heavy atom. The van der Waals surface area contributed by atoms with E-state index in [1.807, 2.05) is 0 Å². The van der Waals surface area contributed by atoms with Gasteiger partial charge in [0.2, 0.25) is 20.0 Å². The van der Waals surface area contributed by atoms with E-state index in [0.29, 0.717) is 55.6 Å². The number of carbonyl (C=O) groups is 2. The normalized spacial score (nSPS) is 14.1. The molecular formula is C44H46F2N4O10S2. The van der Waals surface area contributed by atoms with Gasteiger partial charge < -0.3 is 29.7 Å². The van der Waals surface area contributed by atoms with E-state index in [2.05, 4.69) is 10.6 Å². The number of sulfonamides is 2. The second-order valence-electron chi connectivity index (χ2n) is 15.3. The van der Waals surface area contributed by atoms with E-state index in [4.69, 9.17) is 8.83 Å². The zero-order valence-electron chi connectivity index (χ0n) is 34.4. The Kier molecular flexibility index (Phi) is 12.5. The van der Waals surface area contributed by atoms with Gasteiger partial charge in [-0.05, 0) is 109 Å². The van der Waals surface area contributed by atoms with Crippen LogP contribution in [0.15, 0.2) is 81.6 Å². The van der Waals surface area contributed by atoms with Crippen LogP contribution in [0.1, 0.15) is 69.4 Å². The Morgan fingerprint density at radius 1 is 0.629 bits per heavy atom. The fourth-order valence-electron chi connectivity index (χ4n) is 7.59. The number of amides is 2. The molecule has 0 bridgehead atoms. The van der Waals surface area contributed by atoms with Crippen molar-refractivity contribution in [1.82, 2.24) is 10.6 Å². The molecule has 0 radical (unpaired) electrons. The number of aliphatic hydroxyl groups excluding tert-OH is 2. The lowest BCUT2D eigenvalue weighted by Gasteiger charge is -2.24. The summed E-state index contributed by atoms with van der Waals surface area (Å²) in [6.45, 7) is -0.842. The number of benzene rings is 4. The average molecular weight is 893 g/mol. The van der Waals surface area contributed by atoms with Crippen LogP contribution in [0.5, 0.6) is 0 Å². The number of aliphatic hydroxyl groups is 2. The maximum Gasteiger partial charge on any atom is 0.255 e. The van der Waals surface area contributed by atoms with Gasteiger partial charge in [-0.2, -0.15) is 0 Å². The van der Waals surface area contributed by atoms with Crippen LogP contribution in [0.4, 0.5) is 20.2 Å². The number of hydrogen-bond donors (Lipinski definition) is 4. The summed E-state index contributed by atoms with van der Waals surface area (Å²) in [4.78, 5) is 25.5. The average Bonchev–Trinajstić information content (AvgIpc) is 4.18. The quantitative estimate of drug-likeness (QED) is 0.0940. The molecule has 4 aromatic carbocycles. The van der Waals surface area contributed by atoms with Gasteiger partial charge in [-0.25, -0.2) is 25.6 Å². The van der Waals surface area contributed by atoms with E-state index in [1.54, 1.807) is 24.3 Å². The van der Waals surface area contributed by atoms with E-state index < -0.39 is 31.7 Å². The van der Waals surface area contributed by atoms with Crippen LogP contribution in [0, 0.1) is 11.6 Å². The predicted octanol–water partition coefficient (Wildman–Crippen LogP) is 6.47. The first kappa shape index (κ1) is 44.2. The maximum atomic E-state index is 13.4. The maximum absolute atomic E-state index is 13.4. The number of carbonyl (C=O) groups excluding carboxylic acids is 2. The molecule has 62 heavy (non-hydrogen) atoms. The fraction of sp³-hybridized carbons (Fsp3) is 0.318. The number of rotatable bonds is 14. The van der Waals surface area contributed by atoms with Crippen molar-refractivity contribution in [1.29, 1.82) is 0 Å². The molecule has 2 fully saturated rings. The highest BCUT2D eigenvalue weighted by Gasteiger charge is 2.35. The minimum absolute atomic E-state index is 0.0854. The molecule has 2 saturated carbocycles. The number of nitrogens with zero attached hydrogens (tertiary/aromatic N) is 2. The highest BCUT2D eigenvalue weighted by Crippen LogP contribution is 2.49. The summed E-state index contributed by atoms with van der Waals surface area (Å²) in [7, 11) is -4.27. The number of hydrogen-bond acceptors (Lipinski definition) is 10. The third-order valence-corrected chi connectivity index (χ3v) is 13.1. The molecule has 8 rings (SSSR count). The first-order chi connectivity index (χ1) is 29.5. The molecular weight excluding hydrogens is 847 g/mol. The topological polar surface area (TPSA) is 200 Å². The third-order valence-electron chi connectivity index (χ3n) is 10.8. The Hall–Kier alpha value is -5.82. The van der Waals surface area contributed by atoms with Gasteiger partial charge >= 0.3 is 0 Å². The largest absolute Gasteiger partial charge is 0.455 e. The molecule has 2 heterocycles. The van der Waals surface area contributed by atoms with E-state index in [1.165, 1.54) is 71.2 Å². The third kappa shape index (κ3) is 9.04. The lowest BCUT2D eigenvalue weighted by Crippen LogP contribution is -2.33. The van der Waals surface area contributed by atoms with Crippen molar-refractivity contribution in [3.05, 3.63) is 107 Å². The second-order valence-corrected chi connectivity index (χ2v) is 19.1. The summed E-state index contributed by atoms with van der Waals surface area (Å²) in [6, 6.07) is 18.1. The minimum atomic E-state index is -3.65. The highest BCUT2D eigenvalue weighted by molar-refractivity contribution is 7.92. The van der Waals surface area contributed by atoms with Crippen LogP contribution >= 0.6 is 0 Å². The summed E-state index contributed by atoms with van der Waals surface area (Å²) in [5, 5.41) is 25.2. The van der Waals surface area contributed by atoms with Crippen molar-refractivity contribution >= 4 is 65.2 Å². The van der Waals surface area contributed by atoms with Gasteiger partial charge in [-0.15, -0.1) is 0 Å². The zero-order chi connectivity index (χ0) is 44.7. The van der Waals surface area contributed by atoms with Gasteiger partial charge in [0.25, 0.3) is 11.8 Å². The van der Waals surface area contributed by atoms with Gasteiger partial charge in [0, 0.05) is 48.1 Å². The van der Waals surface area contributed by atoms with Crippen LogP contribution in [-0.4, -0.2) is 91.8 Å². The monoisotopic (exact) mass is 892 g/mol. The van der Waals surface area contributed by atoms with Crippen molar-refractivity contribution in [2.24, 2.45) is 0 Å². The summed E-state index contributed by atoms with van der Waals surface area (Å²) >= 11 is 0. The molecule has 14 nitrogen and oxygen atoms in total. The lowest BCUT2D eigenvalue weighted by atomic mass is 10.0. The molecule has 2 aliphatic carbocycles. The summed E-state index contributed by atoms with van der Waals surface area (Å²) in [5.74, 6) is -0.638. The van der Waals surface area contributed by atoms with Crippen LogP contribution in [0.25, 0.3) is 44.6 Å². The SMILES string of the molecule is CNC(=O)c1c(-c2ccc(F)cc2)oc2cc(N(CCO)S(C)(=O)=O)c(C3CC3)cc12.CNC(=O)c1c(-c2ccc(F)cc2)oc2cc(N(CCO)S(C)(=O)=O)c(C3CC3)cc12. The lowest BCUT2D eigenvalue weighted by molar-refractivity contribution is 0.0956. The van der Waals surface area contributed by atoms with Crippen molar-refractivity contribution in [3.8, 4) is 22.6 Å². The van der Waals surface area contributed by atoms with E-state index >= 15 is 0 Å². The molecule has 6 aromatic rings. The van der Waals surface area contributed by atoms with Crippen LogP contribution in [0.3, 0.4) is 0 Å². The fourth-order valence-corrected chi connectivity index (χ4v) is 9.45. The molecule has 0 aliphatic heterocycles. The van der Waals surface area contributed by atoms with Crippen LogP contribution < -0.4 is 19.2 Å². The van der Waals surface area contributed by atoms with Crippen molar-refractivity contribution in [2.75, 3.05) is 61.5 Å². The molecule has 328 valence electrons. The predicted molar refractivity (Wildman–Crippen MR) is 232 cm³/mol. The number of nitrogens with one attached hydrogen (secondary N) is 2. The minimum Gasteiger partial charge on any atom is -0.455 e. The molecule has 0 spiro atoms. The number of fused-ring (bicyclic) bond motifs is 2. The molecule has 2 amide bonds. The van der Waals surface area contributed by atoms with E-state index in [-0.39, 0.29) is 61.5 Å². The summed E-state index contributed by atoms with van der Waals surface area (Å²) < 4.78 is 90.9. The Bertz CT molecular complexity index is 2690. The molecule has 2 aromatic heterocycles. The standard InChI is InChI=1S/2C22H23FN2O5S/c2*1-24-22(27)20-17-11-16(13-3-4-13)18(25(9-10-26)31(2,28)29)12-19(17)30-21(20)14-5-7-15(23)8-6-14/h2*5-8,11-13,26H,3-4,9-10H2,1-2H3,(H,24,27). The first-order valence-corrected chi connectivity index (χ1v) is 23.5. The van der Waals surface area contributed by atoms with Crippen molar-refractivity contribution in [2.45, 2.75) is 37.5 Å². The number of halogens is 2.